The van der Waals surface area contributed by atoms with E-state index in [2.05, 4.69) is 16.7 Å². The Balaban J connectivity index is 1.61. The molecule has 0 spiro atoms. The minimum Gasteiger partial charge on any atom is -0.379 e. The molecular weight excluding hydrogens is 475 g/mol. The Morgan fingerprint density at radius 1 is 1.11 bits per heavy atom. The molecule has 2 heterocycles. The van der Waals surface area contributed by atoms with Crippen molar-refractivity contribution in [2.24, 2.45) is 5.41 Å². The second-order valence-electron chi connectivity index (χ2n) is 9.55. The number of halogens is 1. The molecule has 1 atom stereocenters. The van der Waals surface area contributed by atoms with E-state index in [0.717, 1.165) is 18.8 Å². The van der Waals surface area contributed by atoms with E-state index in [1.54, 1.807) is 26.0 Å². The first-order chi connectivity index (χ1) is 16.6. The lowest BCUT2D eigenvalue weighted by Gasteiger charge is -2.39. The molecule has 11 heteroatoms. The summed E-state index contributed by atoms with van der Waals surface area (Å²) in [6.45, 7) is 8.66. The first kappa shape index (κ1) is 27.4. The van der Waals surface area contributed by atoms with Crippen molar-refractivity contribution >= 4 is 22.1 Å². The van der Waals surface area contributed by atoms with Gasteiger partial charge in [-0.1, -0.05) is 19.8 Å². The van der Waals surface area contributed by atoms with Gasteiger partial charge in [0, 0.05) is 51.4 Å². The second kappa shape index (κ2) is 12.1. The maximum atomic E-state index is 13.2. The predicted molar refractivity (Wildman–Crippen MR) is 131 cm³/mol. The van der Waals surface area contributed by atoms with Gasteiger partial charge in [-0.05, 0) is 29.7 Å². The average molecular weight is 511 g/mol. The van der Waals surface area contributed by atoms with Gasteiger partial charge in [0.2, 0.25) is 16.4 Å². The molecule has 1 aromatic carbocycles. The van der Waals surface area contributed by atoms with Crippen LogP contribution in [0.5, 0.6) is 0 Å². The lowest BCUT2D eigenvalue weighted by atomic mass is 9.82. The number of piperazine rings is 1. The molecule has 0 aromatic heterocycles. The SMILES string of the molecule is CC(C)(CC#CCN1CCOCC1)C(CS(=O)(=O)N1CCN(c2ccc(F)cc2)CC1)N(O)C=O. The fraction of sp³-hybridized carbons (Fsp3) is 0.625. The summed E-state index contributed by atoms with van der Waals surface area (Å²) in [5.74, 6) is 5.49. The quantitative estimate of drug-likeness (QED) is 0.231. The highest BCUT2D eigenvalue weighted by molar-refractivity contribution is 7.89. The minimum absolute atomic E-state index is 0.246. The van der Waals surface area contributed by atoms with Crippen LogP contribution in [0, 0.1) is 23.1 Å². The van der Waals surface area contributed by atoms with Gasteiger partial charge in [-0.2, -0.15) is 4.31 Å². The van der Waals surface area contributed by atoms with Crippen molar-refractivity contribution in [3.8, 4) is 11.8 Å². The van der Waals surface area contributed by atoms with Gasteiger partial charge >= 0.3 is 0 Å². The van der Waals surface area contributed by atoms with Gasteiger partial charge in [0.1, 0.15) is 5.82 Å². The van der Waals surface area contributed by atoms with Crippen molar-refractivity contribution in [2.75, 3.05) is 69.7 Å². The molecule has 3 rings (SSSR count). The summed E-state index contributed by atoms with van der Waals surface area (Å²) in [6.07, 6.45) is 0.566. The fourth-order valence-electron chi connectivity index (χ4n) is 4.25. The van der Waals surface area contributed by atoms with Crippen molar-refractivity contribution in [1.82, 2.24) is 14.3 Å². The zero-order valence-corrected chi connectivity index (χ0v) is 21.2. The second-order valence-corrected chi connectivity index (χ2v) is 11.6. The smallest absolute Gasteiger partial charge is 0.233 e. The Labute approximate surface area is 207 Å². The third-order valence-corrected chi connectivity index (χ3v) is 8.49. The van der Waals surface area contributed by atoms with E-state index >= 15 is 0 Å². The number of carbonyl (C=O) groups excluding carboxylic acids is 1. The number of hydroxylamine groups is 2. The number of nitrogens with zero attached hydrogens (tertiary/aromatic N) is 4. The number of carbonyl (C=O) groups is 1. The zero-order chi connectivity index (χ0) is 25.5. The number of anilines is 1. The van der Waals surface area contributed by atoms with Crippen molar-refractivity contribution in [3.63, 3.8) is 0 Å². The number of morpholine rings is 1. The van der Waals surface area contributed by atoms with Crippen LogP contribution in [0.25, 0.3) is 0 Å². The molecule has 0 bridgehead atoms. The zero-order valence-electron chi connectivity index (χ0n) is 20.4. The molecule has 9 nitrogen and oxygen atoms in total. The van der Waals surface area contributed by atoms with Crippen LogP contribution in [0.4, 0.5) is 10.1 Å². The highest BCUT2D eigenvalue weighted by Gasteiger charge is 2.39. The number of amides is 1. The standard InChI is InChI=1S/C24H35FN4O5S/c1-24(2,9-3-4-10-26-15-17-34-18-16-26)23(29(31)20-30)19-35(32,33)28-13-11-27(12-14-28)22-7-5-21(25)6-8-22/h5-8,20,23,31H,9-19H2,1-2H3. The number of benzene rings is 1. The molecule has 1 unspecified atom stereocenters. The molecule has 2 aliphatic heterocycles. The van der Waals surface area contributed by atoms with Crippen LogP contribution in [0.3, 0.4) is 0 Å². The molecular formula is C24H35FN4O5S. The van der Waals surface area contributed by atoms with E-state index in [0.29, 0.717) is 44.3 Å². The van der Waals surface area contributed by atoms with Crippen molar-refractivity contribution < 1.29 is 27.5 Å². The lowest BCUT2D eigenvalue weighted by Crippen LogP contribution is -2.54. The van der Waals surface area contributed by atoms with Crippen LogP contribution < -0.4 is 4.90 Å². The fourth-order valence-corrected chi connectivity index (χ4v) is 6.18. The summed E-state index contributed by atoms with van der Waals surface area (Å²) < 4.78 is 46.4. The number of ether oxygens (including phenoxy) is 1. The molecule has 2 fully saturated rings. The summed E-state index contributed by atoms with van der Waals surface area (Å²) in [6, 6.07) is 5.14. The average Bonchev–Trinajstić information content (AvgIpc) is 2.86. The van der Waals surface area contributed by atoms with E-state index in [1.165, 1.54) is 16.4 Å². The molecule has 0 radical (unpaired) electrons. The van der Waals surface area contributed by atoms with Crippen LogP contribution in [0.15, 0.2) is 24.3 Å². The number of rotatable bonds is 9. The van der Waals surface area contributed by atoms with Crippen molar-refractivity contribution in [2.45, 2.75) is 26.3 Å². The van der Waals surface area contributed by atoms with E-state index in [9.17, 15) is 22.8 Å². The third-order valence-electron chi connectivity index (χ3n) is 6.60. The number of sulfonamides is 1. The van der Waals surface area contributed by atoms with Crippen molar-refractivity contribution in [1.29, 1.82) is 0 Å². The summed E-state index contributed by atoms with van der Waals surface area (Å²) >= 11 is 0. The normalized spacial score (nSPS) is 19.0. The Bertz CT molecular complexity index is 995. The molecule has 0 aliphatic carbocycles. The molecule has 1 aromatic rings. The molecule has 1 N–H and O–H groups in total. The van der Waals surface area contributed by atoms with E-state index < -0.39 is 27.2 Å². The van der Waals surface area contributed by atoms with Gasteiger partial charge in [0.05, 0.1) is 31.6 Å². The van der Waals surface area contributed by atoms with Gasteiger partial charge in [-0.3, -0.25) is 14.9 Å². The van der Waals surface area contributed by atoms with Crippen LogP contribution in [0.1, 0.15) is 20.3 Å². The third kappa shape index (κ3) is 7.62. The Morgan fingerprint density at radius 3 is 2.34 bits per heavy atom. The highest BCUT2D eigenvalue weighted by atomic mass is 32.2. The largest absolute Gasteiger partial charge is 0.379 e. The predicted octanol–water partition coefficient (Wildman–Crippen LogP) is 1.25. The van der Waals surface area contributed by atoms with E-state index in [4.69, 9.17) is 4.74 Å². The Morgan fingerprint density at radius 2 is 1.74 bits per heavy atom. The molecule has 194 valence electrons. The van der Waals surface area contributed by atoms with Crippen LogP contribution in [-0.4, -0.2) is 105 Å². The van der Waals surface area contributed by atoms with Crippen LogP contribution >= 0.6 is 0 Å². The summed E-state index contributed by atoms with van der Waals surface area (Å²) in [7, 11) is -3.77. The lowest BCUT2D eigenvalue weighted by molar-refractivity contribution is -0.168. The van der Waals surface area contributed by atoms with Gasteiger partial charge < -0.3 is 9.64 Å². The Kier molecular flexibility index (Phi) is 9.49. The summed E-state index contributed by atoms with van der Waals surface area (Å²) in [4.78, 5) is 15.6. The molecule has 1 amide bonds. The van der Waals surface area contributed by atoms with Crippen LogP contribution in [0.2, 0.25) is 0 Å². The first-order valence-corrected chi connectivity index (χ1v) is 13.4. The van der Waals surface area contributed by atoms with E-state index in [-0.39, 0.29) is 25.3 Å². The van der Waals surface area contributed by atoms with Gasteiger partial charge in [0.15, 0.2) is 0 Å². The monoisotopic (exact) mass is 510 g/mol. The molecule has 2 aliphatic rings. The number of hydrogen-bond acceptors (Lipinski definition) is 7. The molecule has 2 saturated heterocycles. The maximum absolute atomic E-state index is 13.2. The van der Waals surface area contributed by atoms with Gasteiger partial charge in [-0.25, -0.2) is 17.9 Å². The molecule has 0 saturated carbocycles. The van der Waals surface area contributed by atoms with Crippen LogP contribution in [-0.2, 0) is 19.6 Å². The Hall–Kier alpha value is -2.23. The summed E-state index contributed by atoms with van der Waals surface area (Å²) in [5, 5.41) is 10.7. The maximum Gasteiger partial charge on any atom is 0.233 e. The van der Waals surface area contributed by atoms with Gasteiger partial charge in [-0.15, -0.1) is 5.92 Å². The topological polar surface area (TPSA) is 93.6 Å². The van der Waals surface area contributed by atoms with Gasteiger partial charge in [0.25, 0.3) is 0 Å². The number of hydrogen-bond donors (Lipinski definition) is 1. The van der Waals surface area contributed by atoms with E-state index in [1.807, 2.05) is 4.90 Å². The highest BCUT2D eigenvalue weighted by Crippen LogP contribution is 2.30. The molecule has 35 heavy (non-hydrogen) atoms. The minimum atomic E-state index is -3.77. The van der Waals surface area contributed by atoms with Crippen molar-refractivity contribution in [3.05, 3.63) is 30.1 Å². The first-order valence-electron chi connectivity index (χ1n) is 11.8. The summed E-state index contributed by atoms with van der Waals surface area (Å²) in [5.41, 5.74) is 0.0667.